The fraction of sp³-hybridized carbons (Fsp3) is 0.538. The minimum atomic E-state index is -0.138. The largest absolute Gasteiger partial charge is 0.392 e. The van der Waals surface area contributed by atoms with E-state index in [1.165, 1.54) is 0 Å². The minimum Gasteiger partial charge on any atom is -0.392 e. The van der Waals surface area contributed by atoms with Crippen molar-refractivity contribution in [2.24, 2.45) is 0 Å². The topological polar surface area (TPSA) is 23.5 Å². The van der Waals surface area contributed by atoms with Crippen LogP contribution in [-0.4, -0.2) is 35.7 Å². The monoisotopic (exact) mass is 203 g/mol. The molecular weight excluding hydrogens is 186 g/mol. The van der Waals surface area contributed by atoms with Crippen molar-refractivity contribution < 1.29 is 5.11 Å². The lowest BCUT2D eigenvalue weighted by Gasteiger charge is -2.09. The smallest absolute Gasteiger partial charge is 0.0679 e. The summed E-state index contributed by atoms with van der Waals surface area (Å²) in [7, 11) is 0. The number of rotatable bonds is 1. The molecule has 0 spiro atoms. The van der Waals surface area contributed by atoms with Gasteiger partial charge in [-0.3, -0.25) is 4.90 Å². The van der Waals surface area contributed by atoms with Gasteiger partial charge in [0, 0.05) is 18.7 Å². The van der Waals surface area contributed by atoms with Crippen molar-refractivity contribution in [1.29, 1.82) is 0 Å². The number of aliphatic hydroxyl groups excluding tert-OH is 1. The second-order valence-corrected chi connectivity index (χ2v) is 4.12. The summed E-state index contributed by atoms with van der Waals surface area (Å²) in [6.07, 6.45) is 9.46. The molecule has 0 saturated carbocycles. The predicted molar refractivity (Wildman–Crippen MR) is 61.3 cm³/mol. The molecule has 80 valence electrons. The summed E-state index contributed by atoms with van der Waals surface area (Å²) >= 11 is 0. The number of nitrogens with zero attached hydrogens (tertiary/aromatic N) is 1. The van der Waals surface area contributed by atoms with Crippen LogP contribution in [0.4, 0.5) is 0 Å². The van der Waals surface area contributed by atoms with Gasteiger partial charge in [-0.05, 0) is 19.3 Å². The van der Waals surface area contributed by atoms with E-state index in [1.54, 1.807) is 0 Å². The van der Waals surface area contributed by atoms with Gasteiger partial charge in [-0.2, -0.15) is 0 Å². The van der Waals surface area contributed by atoms with Gasteiger partial charge in [-0.15, -0.1) is 0 Å². The van der Waals surface area contributed by atoms with Gasteiger partial charge in [0.25, 0.3) is 0 Å². The van der Waals surface area contributed by atoms with E-state index >= 15 is 0 Å². The molecule has 1 heterocycles. The average molecular weight is 203 g/mol. The molecule has 0 bridgehead atoms. The Balaban J connectivity index is 1.80. The Hall–Kier alpha value is -1.04. The number of likely N-dealkylation sites (tertiary alicyclic amines) is 1. The van der Waals surface area contributed by atoms with Crippen LogP contribution in [-0.2, 0) is 0 Å². The highest BCUT2D eigenvalue weighted by molar-refractivity contribution is 5.39. The molecular formula is C13H17NO. The quantitative estimate of drug-likeness (QED) is 0.650. The van der Waals surface area contributed by atoms with Crippen LogP contribution in [0.5, 0.6) is 0 Å². The Labute approximate surface area is 91.3 Å². The molecule has 1 unspecified atom stereocenters. The predicted octanol–water partition coefficient (Wildman–Crippen LogP) is 1.33. The van der Waals surface area contributed by atoms with Gasteiger partial charge in [0.2, 0.25) is 0 Å². The zero-order valence-electron chi connectivity index (χ0n) is 8.95. The van der Waals surface area contributed by atoms with E-state index in [0.717, 1.165) is 44.5 Å². The highest BCUT2D eigenvalue weighted by atomic mass is 16.3. The third-order valence-electron chi connectivity index (χ3n) is 2.78. The molecule has 1 N–H and O–H groups in total. The van der Waals surface area contributed by atoms with Crippen molar-refractivity contribution in [2.45, 2.75) is 25.4 Å². The van der Waals surface area contributed by atoms with Gasteiger partial charge >= 0.3 is 0 Å². The second kappa shape index (κ2) is 5.16. The maximum absolute atomic E-state index is 9.34. The lowest BCUT2D eigenvalue weighted by Crippen LogP contribution is -2.22. The van der Waals surface area contributed by atoms with Crippen LogP contribution in [0.3, 0.4) is 0 Å². The Morgan fingerprint density at radius 3 is 3.07 bits per heavy atom. The molecule has 1 aliphatic heterocycles. The first-order valence-corrected chi connectivity index (χ1v) is 5.60. The fourth-order valence-electron chi connectivity index (χ4n) is 1.92. The van der Waals surface area contributed by atoms with E-state index in [-0.39, 0.29) is 6.10 Å². The Morgan fingerprint density at radius 2 is 2.40 bits per heavy atom. The van der Waals surface area contributed by atoms with Crippen molar-refractivity contribution in [1.82, 2.24) is 4.90 Å². The number of allylic oxidation sites excluding steroid dienone is 4. The summed E-state index contributed by atoms with van der Waals surface area (Å²) < 4.78 is 0. The molecule has 1 fully saturated rings. The summed E-state index contributed by atoms with van der Waals surface area (Å²) in [6, 6.07) is 0. The van der Waals surface area contributed by atoms with Crippen LogP contribution >= 0.6 is 0 Å². The first-order chi connectivity index (χ1) is 7.34. The summed E-state index contributed by atoms with van der Waals surface area (Å²) in [5.74, 6) is 6.33. The summed E-state index contributed by atoms with van der Waals surface area (Å²) in [5, 5.41) is 9.34. The van der Waals surface area contributed by atoms with Gasteiger partial charge < -0.3 is 5.11 Å². The van der Waals surface area contributed by atoms with E-state index in [4.69, 9.17) is 0 Å². The van der Waals surface area contributed by atoms with Gasteiger partial charge in [-0.25, -0.2) is 0 Å². The number of hydrogen-bond acceptors (Lipinski definition) is 2. The number of aliphatic hydroxyl groups is 1. The number of hydrogen-bond donors (Lipinski definition) is 1. The van der Waals surface area contributed by atoms with Crippen LogP contribution in [0.25, 0.3) is 0 Å². The lowest BCUT2D eigenvalue weighted by atomic mass is 10.1. The van der Waals surface area contributed by atoms with Gasteiger partial charge in [0.15, 0.2) is 0 Å². The first-order valence-electron chi connectivity index (χ1n) is 5.60. The van der Waals surface area contributed by atoms with E-state index in [9.17, 15) is 5.11 Å². The van der Waals surface area contributed by atoms with Crippen LogP contribution in [0.2, 0.25) is 0 Å². The molecule has 2 heteroatoms. The Kier molecular flexibility index (Phi) is 3.60. The molecule has 2 aliphatic rings. The van der Waals surface area contributed by atoms with Crippen LogP contribution in [0.1, 0.15) is 19.3 Å². The molecule has 2 nitrogen and oxygen atoms in total. The first kappa shape index (κ1) is 10.5. The zero-order valence-corrected chi connectivity index (χ0v) is 8.95. The molecule has 15 heavy (non-hydrogen) atoms. The average Bonchev–Trinajstić information content (AvgIpc) is 2.66. The van der Waals surface area contributed by atoms with Gasteiger partial charge in [-0.1, -0.05) is 30.1 Å². The van der Waals surface area contributed by atoms with Gasteiger partial charge in [0.1, 0.15) is 0 Å². The third-order valence-corrected chi connectivity index (χ3v) is 2.78. The molecule has 0 aromatic carbocycles. The minimum absolute atomic E-state index is 0.138. The van der Waals surface area contributed by atoms with Crippen LogP contribution in [0.15, 0.2) is 23.8 Å². The Morgan fingerprint density at radius 1 is 1.47 bits per heavy atom. The molecule has 0 aromatic rings. The summed E-state index contributed by atoms with van der Waals surface area (Å²) in [6.45, 7) is 2.54. The van der Waals surface area contributed by atoms with Crippen molar-refractivity contribution in [3.63, 3.8) is 0 Å². The molecule has 0 radical (unpaired) electrons. The van der Waals surface area contributed by atoms with Crippen molar-refractivity contribution in [3.05, 3.63) is 23.8 Å². The van der Waals surface area contributed by atoms with E-state index in [2.05, 4.69) is 35.0 Å². The number of β-amino-alcohol motifs (C(OH)–C–C–N with tert-alkyl or cyclic N) is 1. The maximum atomic E-state index is 9.34. The van der Waals surface area contributed by atoms with Crippen molar-refractivity contribution in [3.8, 4) is 11.8 Å². The summed E-state index contributed by atoms with van der Waals surface area (Å²) in [4.78, 5) is 2.20. The highest BCUT2D eigenvalue weighted by Gasteiger charge is 2.18. The molecule has 1 aliphatic carbocycles. The maximum Gasteiger partial charge on any atom is 0.0679 e. The third kappa shape index (κ3) is 3.23. The Bertz CT molecular complexity index is 332. The molecule has 1 saturated heterocycles. The summed E-state index contributed by atoms with van der Waals surface area (Å²) in [5.41, 5.74) is 1.14. The van der Waals surface area contributed by atoms with Crippen LogP contribution < -0.4 is 0 Å². The molecule has 1 atom stereocenters. The normalized spacial score (nSPS) is 25.9. The fourth-order valence-corrected chi connectivity index (χ4v) is 1.92. The SMILES string of the molecule is OC1CCN(CC#CC2=CCCC=C2)C1. The molecule has 2 rings (SSSR count). The van der Waals surface area contributed by atoms with Gasteiger partial charge in [0.05, 0.1) is 12.6 Å². The van der Waals surface area contributed by atoms with E-state index in [0.29, 0.717) is 0 Å². The van der Waals surface area contributed by atoms with Crippen LogP contribution in [0, 0.1) is 11.8 Å². The molecule has 0 amide bonds. The second-order valence-electron chi connectivity index (χ2n) is 4.12. The molecule has 0 aromatic heterocycles. The highest BCUT2D eigenvalue weighted by Crippen LogP contribution is 2.09. The lowest BCUT2D eigenvalue weighted by molar-refractivity contribution is 0.180. The van der Waals surface area contributed by atoms with Crippen molar-refractivity contribution >= 4 is 0 Å². The zero-order chi connectivity index (χ0) is 10.5. The standard InChI is InChI=1S/C13H17NO/c15-13-8-10-14(11-13)9-4-7-12-5-2-1-3-6-12/h2,5-6,13,15H,1,3,8-11H2. The van der Waals surface area contributed by atoms with Crippen molar-refractivity contribution in [2.75, 3.05) is 19.6 Å². The van der Waals surface area contributed by atoms with E-state index < -0.39 is 0 Å². The van der Waals surface area contributed by atoms with E-state index in [1.807, 2.05) is 0 Å².